The number of rotatable bonds is 5. The molecule has 0 atom stereocenters. The van der Waals surface area contributed by atoms with Crippen LogP contribution < -0.4 is 4.74 Å². The van der Waals surface area contributed by atoms with Gasteiger partial charge in [-0.2, -0.15) is 0 Å². The topological polar surface area (TPSA) is 59.4 Å². The highest BCUT2D eigenvalue weighted by molar-refractivity contribution is 5.93. The van der Waals surface area contributed by atoms with Crippen molar-refractivity contribution < 1.29 is 14.6 Å². The SMILES string of the molecule is CCCCOc1cc(C(=O)O)nc2ccccc12. The van der Waals surface area contributed by atoms with Crippen LogP contribution >= 0.6 is 0 Å². The number of nitrogens with zero attached hydrogens (tertiary/aromatic N) is 1. The van der Waals surface area contributed by atoms with Crippen molar-refractivity contribution in [2.45, 2.75) is 19.8 Å². The molecule has 0 amide bonds. The molecule has 4 heteroatoms. The Morgan fingerprint density at radius 2 is 2.17 bits per heavy atom. The van der Waals surface area contributed by atoms with E-state index in [9.17, 15) is 4.79 Å². The number of unbranched alkanes of at least 4 members (excludes halogenated alkanes) is 1. The largest absolute Gasteiger partial charge is 0.493 e. The molecule has 4 nitrogen and oxygen atoms in total. The molecular weight excluding hydrogens is 230 g/mol. The van der Waals surface area contributed by atoms with Crippen molar-refractivity contribution >= 4 is 16.9 Å². The van der Waals surface area contributed by atoms with Crippen molar-refractivity contribution in [2.24, 2.45) is 0 Å². The predicted octanol–water partition coefficient (Wildman–Crippen LogP) is 3.11. The summed E-state index contributed by atoms with van der Waals surface area (Å²) in [5.41, 5.74) is 0.657. The van der Waals surface area contributed by atoms with Crippen LogP contribution in [-0.2, 0) is 0 Å². The number of hydrogen-bond acceptors (Lipinski definition) is 3. The van der Waals surface area contributed by atoms with Crippen LogP contribution in [0.2, 0.25) is 0 Å². The zero-order valence-electron chi connectivity index (χ0n) is 10.2. The molecule has 0 aliphatic heterocycles. The number of para-hydroxylation sites is 1. The van der Waals surface area contributed by atoms with Gasteiger partial charge < -0.3 is 9.84 Å². The number of pyridine rings is 1. The number of carboxylic acids is 1. The van der Waals surface area contributed by atoms with Gasteiger partial charge in [-0.15, -0.1) is 0 Å². The number of benzene rings is 1. The molecule has 0 aliphatic rings. The summed E-state index contributed by atoms with van der Waals surface area (Å²) >= 11 is 0. The van der Waals surface area contributed by atoms with Crippen LogP contribution in [0.5, 0.6) is 5.75 Å². The van der Waals surface area contributed by atoms with Crippen LogP contribution in [0.1, 0.15) is 30.3 Å². The summed E-state index contributed by atoms with van der Waals surface area (Å²) < 4.78 is 5.65. The first kappa shape index (κ1) is 12.4. The minimum atomic E-state index is -1.04. The third kappa shape index (κ3) is 2.59. The Morgan fingerprint density at radius 3 is 2.89 bits per heavy atom. The molecule has 0 fully saturated rings. The Kier molecular flexibility index (Phi) is 3.77. The summed E-state index contributed by atoms with van der Waals surface area (Å²) in [5.74, 6) is -0.451. The van der Waals surface area contributed by atoms with Gasteiger partial charge in [0, 0.05) is 11.5 Å². The molecule has 18 heavy (non-hydrogen) atoms. The monoisotopic (exact) mass is 245 g/mol. The summed E-state index contributed by atoms with van der Waals surface area (Å²) in [6, 6.07) is 8.87. The molecular formula is C14H15NO3. The summed E-state index contributed by atoms with van der Waals surface area (Å²) in [4.78, 5) is 15.1. The van der Waals surface area contributed by atoms with Crippen LogP contribution in [0.15, 0.2) is 30.3 Å². The molecule has 0 saturated carbocycles. The molecule has 2 aromatic rings. The molecule has 0 aliphatic carbocycles. The van der Waals surface area contributed by atoms with E-state index in [0.717, 1.165) is 18.2 Å². The second kappa shape index (κ2) is 5.49. The van der Waals surface area contributed by atoms with Gasteiger partial charge in [0.1, 0.15) is 5.75 Å². The summed E-state index contributed by atoms with van der Waals surface area (Å²) in [6.07, 6.45) is 1.98. The van der Waals surface area contributed by atoms with Gasteiger partial charge in [-0.1, -0.05) is 25.5 Å². The highest BCUT2D eigenvalue weighted by Crippen LogP contribution is 2.25. The van der Waals surface area contributed by atoms with Crippen LogP contribution in [0.4, 0.5) is 0 Å². The van der Waals surface area contributed by atoms with Gasteiger partial charge in [0.25, 0.3) is 0 Å². The van der Waals surface area contributed by atoms with Crippen molar-refractivity contribution in [3.63, 3.8) is 0 Å². The van der Waals surface area contributed by atoms with Gasteiger partial charge in [-0.3, -0.25) is 0 Å². The number of hydrogen-bond donors (Lipinski definition) is 1. The number of carbonyl (C=O) groups is 1. The van der Waals surface area contributed by atoms with Crippen molar-refractivity contribution in [2.75, 3.05) is 6.61 Å². The first-order valence-corrected chi connectivity index (χ1v) is 5.98. The van der Waals surface area contributed by atoms with Crippen LogP contribution in [0, 0.1) is 0 Å². The highest BCUT2D eigenvalue weighted by atomic mass is 16.5. The molecule has 2 rings (SSSR count). The molecule has 0 saturated heterocycles. The average molecular weight is 245 g/mol. The fourth-order valence-electron chi connectivity index (χ4n) is 1.70. The molecule has 0 radical (unpaired) electrons. The fraction of sp³-hybridized carbons (Fsp3) is 0.286. The van der Waals surface area contributed by atoms with Gasteiger partial charge in [0.15, 0.2) is 5.69 Å². The standard InChI is InChI=1S/C14H15NO3/c1-2-3-8-18-13-9-12(14(16)17)15-11-7-5-4-6-10(11)13/h4-7,9H,2-3,8H2,1H3,(H,16,17). The Morgan fingerprint density at radius 1 is 1.39 bits per heavy atom. The van der Waals surface area contributed by atoms with Crippen LogP contribution in [-0.4, -0.2) is 22.7 Å². The third-order valence-electron chi connectivity index (χ3n) is 2.65. The lowest BCUT2D eigenvalue weighted by molar-refractivity contribution is 0.0690. The van der Waals surface area contributed by atoms with E-state index in [1.165, 1.54) is 6.07 Å². The molecule has 0 spiro atoms. The molecule has 1 heterocycles. The van der Waals surface area contributed by atoms with Gasteiger partial charge in [0.05, 0.1) is 12.1 Å². The van der Waals surface area contributed by atoms with Crippen LogP contribution in [0.3, 0.4) is 0 Å². The summed E-state index contributed by atoms with van der Waals surface area (Å²) in [7, 11) is 0. The number of aromatic nitrogens is 1. The molecule has 0 bridgehead atoms. The second-order valence-corrected chi connectivity index (χ2v) is 4.03. The molecule has 1 aromatic heterocycles. The zero-order valence-corrected chi connectivity index (χ0v) is 10.2. The lowest BCUT2D eigenvalue weighted by Gasteiger charge is -2.09. The zero-order chi connectivity index (χ0) is 13.0. The van der Waals surface area contributed by atoms with E-state index in [1.807, 2.05) is 18.2 Å². The number of ether oxygens (including phenoxy) is 1. The maximum atomic E-state index is 11.0. The normalized spacial score (nSPS) is 10.5. The Balaban J connectivity index is 2.43. The van der Waals surface area contributed by atoms with E-state index in [4.69, 9.17) is 9.84 Å². The minimum absolute atomic E-state index is 0.0141. The van der Waals surface area contributed by atoms with E-state index >= 15 is 0 Å². The lowest BCUT2D eigenvalue weighted by atomic mass is 10.2. The smallest absolute Gasteiger partial charge is 0.354 e. The van der Waals surface area contributed by atoms with E-state index in [0.29, 0.717) is 17.9 Å². The quantitative estimate of drug-likeness (QED) is 0.822. The fourth-order valence-corrected chi connectivity index (χ4v) is 1.70. The summed E-state index contributed by atoms with van der Waals surface area (Å²) in [5, 5.41) is 9.87. The Labute approximate surface area is 105 Å². The molecule has 1 aromatic carbocycles. The van der Waals surface area contributed by atoms with E-state index in [2.05, 4.69) is 11.9 Å². The van der Waals surface area contributed by atoms with Gasteiger partial charge >= 0.3 is 5.97 Å². The highest BCUT2D eigenvalue weighted by Gasteiger charge is 2.11. The first-order chi connectivity index (χ1) is 8.72. The summed E-state index contributed by atoms with van der Waals surface area (Å²) in [6.45, 7) is 2.67. The van der Waals surface area contributed by atoms with Gasteiger partial charge in [0.2, 0.25) is 0 Å². The van der Waals surface area contributed by atoms with E-state index in [1.54, 1.807) is 6.07 Å². The Hall–Kier alpha value is -2.10. The van der Waals surface area contributed by atoms with Crippen molar-refractivity contribution in [3.8, 4) is 5.75 Å². The van der Waals surface area contributed by atoms with Gasteiger partial charge in [-0.25, -0.2) is 9.78 Å². The molecule has 0 unspecified atom stereocenters. The maximum Gasteiger partial charge on any atom is 0.354 e. The van der Waals surface area contributed by atoms with E-state index < -0.39 is 5.97 Å². The van der Waals surface area contributed by atoms with Crippen molar-refractivity contribution in [1.29, 1.82) is 0 Å². The lowest BCUT2D eigenvalue weighted by Crippen LogP contribution is -2.03. The van der Waals surface area contributed by atoms with Crippen LogP contribution in [0.25, 0.3) is 10.9 Å². The number of fused-ring (bicyclic) bond motifs is 1. The van der Waals surface area contributed by atoms with Crippen molar-refractivity contribution in [3.05, 3.63) is 36.0 Å². The average Bonchev–Trinajstić information content (AvgIpc) is 2.38. The maximum absolute atomic E-state index is 11.0. The number of carboxylic acid groups (broad SMARTS) is 1. The van der Waals surface area contributed by atoms with E-state index in [-0.39, 0.29) is 5.69 Å². The Bertz CT molecular complexity index is 566. The second-order valence-electron chi connectivity index (χ2n) is 4.03. The van der Waals surface area contributed by atoms with Gasteiger partial charge in [-0.05, 0) is 18.6 Å². The molecule has 1 N–H and O–H groups in total. The number of aromatic carboxylic acids is 1. The van der Waals surface area contributed by atoms with Crippen molar-refractivity contribution in [1.82, 2.24) is 4.98 Å². The first-order valence-electron chi connectivity index (χ1n) is 5.98. The molecule has 94 valence electrons. The predicted molar refractivity (Wildman–Crippen MR) is 69.1 cm³/mol. The third-order valence-corrected chi connectivity index (χ3v) is 2.65. The minimum Gasteiger partial charge on any atom is -0.493 e.